The van der Waals surface area contributed by atoms with Crippen LogP contribution in [-0.4, -0.2) is 41.4 Å². The Hall–Kier alpha value is -2.37. The second-order valence-corrected chi connectivity index (χ2v) is 5.14. The van der Waals surface area contributed by atoms with E-state index in [2.05, 4.69) is 5.32 Å². The number of nitrogens with zero attached hydrogens (tertiary/aromatic N) is 1. The smallest absolute Gasteiger partial charge is 0.321 e. The molecule has 0 heterocycles. The van der Waals surface area contributed by atoms with Crippen LogP contribution >= 0.6 is 0 Å². The molecule has 1 aromatic rings. The molecule has 0 aromatic heterocycles. The van der Waals surface area contributed by atoms with E-state index in [0.717, 1.165) is 24.0 Å². The van der Waals surface area contributed by atoms with Crippen molar-refractivity contribution < 1.29 is 19.5 Å². The maximum Gasteiger partial charge on any atom is 0.321 e. The van der Waals surface area contributed by atoms with Crippen LogP contribution < -0.4 is 5.32 Å². The zero-order valence-electron chi connectivity index (χ0n) is 11.9. The molecule has 1 aliphatic rings. The summed E-state index contributed by atoms with van der Waals surface area (Å²) in [6.45, 7) is 0.143. The van der Waals surface area contributed by atoms with Crippen LogP contribution in [0.3, 0.4) is 0 Å². The zero-order chi connectivity index (χ0) is 15.4. The Bertz CT molecular complexity index is 583. The zero-order valence-corrected chi connectivity index (χ0v) is 11.9. The van der Waals surface area contributed by atoms with E-state index in [1.54, 1.807) is 19.2 Å². The molecular weight excluding hydrogens is 272 g/mol. The minimum Gasteiger partial charge on any atom is -0.481 e. The molecule has 6 heteroatoms. The monoisotopic (exact) mass is 290 g/mol. The number of ketones is 1. The first-order valence-electron chi connectivity index (χ1n) is 6.87. The fraction of sp³-hybridized carbons (Fsp3) is 0.400. The third-order valence-corrected chi connectivity index (χ3v) is 3.51. The molecule has 0 radical (unpaired) electrons. The van der Waals surface area contributed by atoms with Gasteiger partial charge in [0.05, 0.1) is 6.42 Å². The number of carboxylic acids is 1. The van der Waals surface area contributed by atoms with Crippen LogP contribution in [0, 0.1) is 0 Å². The lowest BCUT2D eigenvalue weighted by Gasteiger charge is -2.19. The highest BCUT2D eigenvalue weighted by atomic mass is 16.4. The molecule has 1 aromatic carbocycles. The van der Waals surface area contributed by atoms with Gasteiger partial charge in [-0.3, -0.25) is 9.59 Å². The van der Waals surface area contributed by atoms with E-state index in [-0.39, 0.29) is 24.8 Å². The Morgan fingerprint density at radius 3 is 2.81 bits per heavy atom. The van der Waals surface area contributed by atoms with E-state index in [4.69, 9.17) is 5.11 Å². The molecular formula is C15H18N2O4. The number of urea groups is 1. The molecule has 0 bridgehead atoms. The fourth-order valence-electron chi connectivity index (χ4n) is 2.31. The molecule has 2 N–H and O–H groups in total. The number of hydrogen-bond donors (Lipinski definition) is 2. The maximum atomic E-state index is 11.9. The number of rotatable bonds is 4. The molecule has 6 nitrogen and oxygen atoms in total. The molecule has 0 atom stereocenters. The van der Waals surface area contributed by atoms with Crippen molar-refractivity contribution in [2.24, 2.45) is 0 Å². The number of fused-ring (bicyclic) bond motifs is 1. The summed E-state index contributed by atoms with van der Waals surface area (Å²) < 4.78 is 0. The Balaban J connectivity index is 2.01. The highest BCUT2D eigenvalue weighted by molar-refractivity contribution is 5.99. The summed E-state index contributed by atoms with van der Waals surface area (Å²) >= 11 is 0. The first kappa shape index (κ1) is 15.0. The van der Waals surface area contributed by atoms with Crippen LogP contribution in [-0.2, 0) is 11.2 Å². The highest BCUT2D eigenvalue weighted by Gasteiger charge is 2.18. The second-order valence-electron chi connectivity index (χ2n) is 5.14. The summed E-state index contributed by atoms with van der Waals surface area (Å²) in [6, 6.07) is 4.89. The molecule has 1 aliphatic carbocycles. The summed E-state index contributed by atoms with van der Waals surface area (Å²) in [7, 11) is 1.54. The molecule has 0 saturated carbocycles. The number of anilines is 1. The number of carbonyl (C=O) groups excluding carboxylic acids is 2. The molecule has 0 aliphatic heterocycles. The van der Waals surface area contributed by atoms with Crippen LogP contribution in [0.5, 0.6) is 0 Å². The molecule has 0 fully saturated rings. The minimum absolute atomic E-state index is 0.0946. The predicted molar refractivity (Wildman–Crippen MR) is 77.6 cm³/mol. The van der Waals surface area contributed by atoms with E-state index in [1.807, 2.05) is 6.07 Å². The lowest BCUT2D eigenvalue weighted by molar-refractivity contribution is -0.137. The van der Waals surface area contributed by atoms with Crippen molar-refractivity contribution in [3.05, 3.63) is 29.3 Å². The number of carboxylic acid groups (broad SMARTS) is 1. The number of Topliss-reactive ketones (excluding diaryl/α,β-unsaturated/α-hetero) is 1. The Kier molecular flexibility index (Phi) is 4.57. The summed E-state index contributed by atoms with van der Waals surface area (Å²) in [6.07, 6.45) is 2.15. The van der Waals surface area contributed by atoms with Crippen LogP contribution in [0.25, 0.3) is 0 Å². The molecule has 0 saturated heterocycles. The minimum atomic E-state index is -0.943. The van der Waals surface area contributed by atoms with E-state index in [0.29, 0.717) is 12.1 Å². The molecule has 21 heavy (non-hydrogen) atoms. The Morgan fingerprint density at radius 2 is 2.10 bits per heavy atom. The largest absolute Gasteiger partial charge is 0.481 e. The number of nitrogens with one attached hydrogen (secondary N) is 1. The van der Waals surface area contributed by atoms with Crippen molar-refractivity contribution >= 4 is 23.5 Å². The summed E-state index contributed by atoms with van der Waals surface area (Å²) in [5, 5.41) is 11.3. The number of aryl methyl sites for hydroxylation is 1. The van der Waals surface area contributed by atoms with Gasteiger partial charge < -0.3 is 15.3 Å². The molecule has 0 spiro atoms. The predicted octanol–water partition coefficient (Wildman–Crippen LogP) is 2.14. The van der Waals surface area contributed by atoms with Gasteiger partial charge in [-0.25, -0.2) is 4.79 Å². The van der Waals surface area contributed by atoms with Gasteiger partial charge in [0.2, 0.25) is 0 Å². The van der Waals surface area contributed by atoms with Crippen molar-refractivity contribution in [3.8, 4) is 0 Å². The third kappa shape index (κ3) is 3.81. The molecule has 2 rings (SSSR count). The van der Waals surface area contributed by atoms with Crippen LogP contribution in [0.2, 0.25) is 0 Å². The summed E-state index contributed by atoms with van der Waals surface area (Å²) in [5.74, 6) is -0.797. The SMILES string of the molecule is CN(CCC(=O)O)C(=O)Nc1ccc2c(c1)CCCC2=O. The lowest BCUT2D eigenvalue weighted by atomic mass is 9.90. The molecule has 112 valence electrons. The third-order valence-electron chi connectivity index (χ3n) is 3.51. The van der Waals surface area contributed by atoms with Gasteiger partial charge in [0.25, 0.3) is 0 Å². The number of aliphatic carboxylic acids is 1. The van der Waals surface area contributed by atoms with Crippen LogP contribution in [0.15, 0.2) is 18.2 Å². The topological polar surface area (TPSA) is 86.7 Å². The van der Waals surface area contributed by atoms with Gasteiger partial charge >= 0.3 is 12.0 Å². The molecule has 0 unspecified atom stereocenters. The van der Waals surface area contributed by atoms with E-state index >= 15 is 0 Å². The van der Waals surface area contributed by atoms with Crippen LogP contribution in [0.1, 0.15) is 35.2 Å². The normalized spacial score (nSPS) is 13.5. The maximum absolute atomic E-state index is 11.9. The van der Waals surface area contributed by atoms with E-state index in [1.165, 1.54) is 4.90 Å². The van der Waals surface area contributed by atoms with E-state index in [9.17, 15) is 14.4 Å². The Morgan fingerprint density at radius 1 is 1.33 bits per heavy atom. The highest BCUT2D eigenvalue weighted by Crippen LogP contribution is 2.24. The van der Waals surface area contributed by atoms with Crippen molar-refractivity contribution in [2.75, 3.05) is 18.9 Å². The first-order chi connectivity index (χ1) is 9.97. The number of hydrogen-bond acceptors (Lipinski definition) is 3. The first-order valence-corrected chi connectivity index (χ1v) is 6.87. The average Bonchev–Trinajstić information content (AvgIpc) is 2.44. The van der Waals surface area contributed by atoms with Gasteiger partial charge in [0, 0.05) is 31.3 Å². The summed E-state index contributed by atoms with van der Waals surface area (Å²) in [4.78, 5) is 35.4. The lowest BCUT2D eigenvalue weighted by Crippen LogP contribution is -2.33. The number of benzene rings is 1. The standard InChI is InChI=1S/C15H18N2O4/c1-17(8-7-14(19)20)15(21)16-11-5-6-12-10(9-11)3-2-4-13(12)18/h5-6,9H,2-4,7-8H2,1H3,(H,16,21)(H,19,20). The quantitative estimate of drug-likeness (QED) is 0.889. The van der Waals surface area contributed by atoms with Gasteiger partial charge in [-0.1, -0.05) is 0 Å². The van der Waals surface area contributed by atoms with Crippen molar-refractivity contribution in [1.29, 1.82) is 0 Å². The number of amides is 2. The van der Waals surface area contributed by atoms with Crippen molar-refractivity contribution in [2.45, 2.75) is 25.7 Å². The van der Waals surface area contributed by atoms with Gasteiger partial charge in [0.15, 0.2) is 5.78 Å². The van der Waals surface area contributed by atoms with Gasteiger partial charge in [-0.05, 0) is 36.6 Å². The molecule has 2 amide bonds. The van der Waals surface area contributed by atoms with Gasteiger partial charge in [0.1, 0.15) is 0 Å². The average molecular weight is 290 g/mol. The van der Waals surface area contributed by atoms with Gasteiger partial charge in [-0.2, -0.15) is 0 Å². The van der Waals surface area contributed by atoms with E-state index < -0.39 is 5.97 Å². The van der Waals surface area contributed by atoms with Crippen molar-refractivity contribution in [1.82, 2.24) is 4.90 Å². The second kappa shape index (κ2) is 6.39. The summed E-state index contributed by atoms with van der Waals surface area (Å²) in [5.41, 5.74) is 2.31. The van der Waals surface area contributed by atoms with Crippen LogP contribution in [0.4, 0.5) is 10.5 Å². The van der Waals surface area contributed by atoms with Gasteiger partial charge in [-0.15, -0.1) is 0 Å². The Labute approximate surface area is 122 Å². The fourth-order valence-corrected chi connectivity index (χ4v) is 2.31. The van der Waals surface area contributed by atoms with Crippen molar-refractivity contribution in [3.63, 3.8) is 0 Å². The number of carbonyl (C=O) groups is 3.